The Hall–Kier alpha value is -3.20. The van der Waals surface area contributed by atoms with Gasteiger partial charge in [0, 0.05) is 31.1 Å². The Kier molecular flexibility index (Phi) is 5.89. The number of hydrogen-bond acceptors (Lipinski definition) is 6. The lowest BCUT2D eigenvalue weighted by molar-refractivity contribution is -0.122. The molecule has 11 heteroatoms. The molecule has 2 aliphatic heterocycles. The number of sulfonamides is 1. The van der Waals surface area contributed by atoms with E-state index < -0.39 is 21.8 Å². The molecule has 1 saturated heterocycles. The number of amides is 1. The van der Waals surface area contributed by atoms with Crippen LogP contribution in [0.15, 0.2) is 46.3 Å². The zero-order chi connectivity index (χ0) is 23.9. The largest absolute Gasteiger partial charge is 0.454 e. The number of benzene rings is 2. The molecule has 3 heterocycles. The third-order valence-electron chi connectivity index (χ3n) is 5.89. The highest BCUT2D eigenvalue weighted by Gasteiger charge is 2.32. The molecule has 1 amide bonds. The van der Waals surface area contributed by atoms with E-state index in [0.717, 1.165) is 22.3 Å². The van der Waals surface area contributed by atoms with Crippen LogP contribution in [-0.2, 0) is 21.4 Å². The first-order valence-corrected chi connectivity index (χ1v) is 12.8. The maximum atomic E-state index is 13.2. The number of piperidine rings is 1. The topological polar surface area (TPSA) is 90.2 Å². The van der Waals surface area contributed by atoms with Gasteiger partial charge in [0.1, 0.15) is 5.82 Å². The van der Waals surface area contributed by atoms with Gasteiger partial charge in [-0.15, -0.1) is 6.42 Å². The first-order chi connectivity index (χ1) is 16.4. The highest BCUT2D eigenvalue weighted by Crippen LogP contribution is 2.37. The van der Waals surface area contributed by atoms with Crippen LogP contribution in [0.3, 0.4) is 0 Å². The van der Waals surface area contributed by atoms with Crippen molar-refractivity contribution < 1.29 is 27.1 Å². The van der Waals surface area contributed by atoms with Crippen LogP contribution >= 0.6 is 11.3 Å². The number of carbonyl (C=O) groups excluding carboxylic acids is 1. The Balaban J connectivity index is 1.36. The average Bonchev–Trinajstić information content (AvgIpc) is 3.42. The zero-order valence-corrected chi connectivity index (χ0v) is 19.6. The molecule has 1 aromatic heterocycles. The number of halogens is 1. The molecule has 0 radical (unpaired) electrons. The van der Waals surface area contributed by atoms with E-state index in [9.17, 15) is 17.6 Å². The first-order valence-electron chi connectivity index (χ1n) is 10.6. The van der Waals surface area contributed by atoms with Crippen LogP contribution in [0.4, 0.5) is 4.39 Å². The molecular weight excluding hydrogens is 481 g/mol. The normalized spacial score (nSPS) is 17.2. The fourth-order valence-corrected chi connectivity index (χ4v) is 6.59. The molecule has 0 aliphatic carbocycles. The summed E-state index contributed by atoms with van der Waals surface area (Å²) in [7, 11) is -3.75. The van der Waals surface area contributed by atoms with Crippen molar-refractivity contribution in [3.63, 3.8) is 0 Å². The third kappa shape index (κ3) is 4.09. The van der Waals surface area contributed by atoms with E-state index in [-0.39, 0.29) is 37.2 Å². The summed E-state index contributed by atoms with van der Waals surface area (Å²) in [5.74, 6) is 2.63. The molecule has 8 nitrogen and oxygen atoms in total. The molecule has 0 saturated carbocycles. The Morgan fingerprint density at radius 3 is 2.53 bits per heavy atom. The highest BCUT2D eigenvalue weighted by molar-refractivity contribution is 7.89. The van der Waals surface area contributed by atoms with Crippen molar-refractivity contribution in [1.29, 1.82) is 0 Å². The lowest BCUT2D eigenvalue weighted by atomic mass is 9.98. The molecule has 2 aliphatic rings. The van der Waals surface area contributed by atoms with Crippen LogP contribution in [-0.4, -0.2) is 43.1 Å². The van der Waals surface area contributed by atoms with Crippen LogP contribution in [0, 0.1) is 24.1 Å². The van der Waals surface area contributed by atoms with Crippen LogP contribution < -0.4 is 14.3 Å². The number of carbonyl (C=O) groups is 1. The minimum absolute atomic E-state index is 0.0313. The third-order valence-corrected chi connectivity index (χ3v) is 8.84. The summed E-state index contributed by atoms with van der Waals surface area (Å²) in [4.78, 5) is 17.8. The highest BCUT2D eigenvalue weighted by atomic mass is 32.2. The maximum Gasteiger partial charge on any atom is 0.251 e. The zero-order valence-electron chi connectivity index (χ0n) is 17.9. The Labute approximate surface area is 199 Å². The van der Waals surface area contributed by atoms with Gasteiger partial charge in [-0.3, -0.25) is 4.79 Å². The second-order valence-electron chi connectivity index (χ2n) is 7.93. The van der Waals surface area contributed by atoms with Crippen molar-refractivity contribution in [2.75, 3.05) is 19.9 Å². The van der Waals surface area contributed by atoms with Gasteiger partial charge in [-0.2, -0.15) is 9.30 Å². The fourth-order valence-electron chi connectivity index (χ4n) is 4.07. The van der Waals surface area contributed by atoms with Crippen molar-refractivity contribution in [1.82, 2.24) is 8.87 Å². The number of hydrogen-bond donors (Lipinski definition) is 0. The predicted octanol–water partition coefficient (Wildman–Crippen LogP) is 2.73. The average molecular weight is 502 g/mol. The van der Waals surface area contributed by atoms with Gasteiger partial charge < -0.3 is 14.0 Å². The Bertz CT molecular complexity index is 1480. The maximum absolute atomic E-state index is 13.2. The van der Waals surface area contributed by atoms with Crippen LogP contribution in [0.25, 0.3) is 10.2 Å². The molecule has 3 aromatic rings. The summed E-state index contributed by atoms with van der Waals surface area (Å²) in [6.07, 6.45) is 6.24. The van der Waals surface area contributed by atoms with E-state index in [2.05, 4.69) is 10.9 Å². The van der Waals surface area contributed by atoms with Gasteiger partial charge in [-0.25, -0.2) is 12.8 Å². The van der Waals surface area contributed by atoms with E-state index in [1.165, 1.54) is 27.8 Å². The van der Waals surface area contributed by atoms with Crippen molar-refractivity contribution in [3.05, 3.63) is 47.0 Å². The van der Waals surface area contributed by atoms with E-state index in [4.69, 9.17) is 15.9 Å². The Morgan fingerprint density at radius 2 is 1.85 bits per heavy atom. The first kappa shape index (κ1) is 22.6. The van der Waals surface area contributed by atoms with Gasteiger partial charge in [0.2, 0.25) is 16.8 Å². The minimum atomic E-state index is -3.75. The lowest BCUT2D eigenvalue weighted by Gasteiger charge is -2.29. The number of ether oxygens (including phenoxy) is 2. The predicted molar refractivity (Wildman–Crippen MR) is 123 cm³/mol. The van der Waals surface area contributed by atoms with Crippen LogP contribution in [0.5, 0.6) is 11.5 Å². The molecule has 0 spiro atoms. The number of fused-ring (bicyclic) bond motifs is 2. The number of thiazole rings is 1. The van der Waals surface area contributed by atoms with Gasteiger partial charge in [0.15, 0.2) is 16.3 Å². The molecule has 2 aromatic carbocycles. The lowest BCUT2D eigenvalue weighted by Crippen LogP contribution is -2.40. The van der Waals surface area contributed by atoms with E-state index in [1.807, 2.05) is 12.1 Å². The molecule has 34 heavy (non-hydrogen) atoms. The van der Waals surface area contributed by atoms with Gasteiger partial charge in [-0.05, 0) is 37.1 Å². The second-order valence-corrected chi connectivity index (χ2v) is 10.9. The van der Waals surface area contributed by atoms with Crippen molar-refractivity contribution in [2.24, 2.45) is 10.9 Å². The molecule has 1 fully saturated rings. The standard InChI is InChI=1S/C23H20FN3O5S2/c1-2-9-27-18-12-19-20(32-14-31-19)13-21(18)33-23(27)25-22(28)15-7-10-26(11-8-15)34(29,30)17-5-3-16(24)4-6-17/h1,3-6,12-13,15H,7-11,14H2. The summed E-state index contributed by atoms with van der Waals surface area (Å²) in [6, 6.07) is 8.39. The second kappa shape index (κ2) is 8.87. The number of terminal acetylenes is 1. The van der Waals surface area contributed by atoms with Crippen LogP contribution in [0.1, 0.15) is 12.8 Å². The smallest absolute Gasteiger partial charge is 0.251 e. The van der Waals surface area contributed by atoms with Crippen molar-refractivity contribution in [2.45, 2.75) is 24.3 Å². The van der Waals surface area contributed by atoms with Crippen molar-refractivity contribution >= 4 is 37.5 Å². The van der Waals surface area contributed by atoms with Gasteiger partial charge in [0.25, 0.3) is 5.91 Å². The monoisotopic (exact) mass is 501 g/mol. The van der Waals surface area contributed by atoms with Gasteiger partial charge in [-0.1, -0.05) is 17.3 Å². The summed E-state index contributed by atoms with van der Waals surface area (Å²) < 4.78 is 53.7. The summed E-state index contributed by atoms with van der Waals surface area (Å²) in [6.45, 7) is 0.765. The molecule has 176 valence electrons. The molecular formula is C23H20FN3O5S2. The number of nitrogens with zero attached hydrogens (tertiary/aromatic N) is 3. The summed E-state index contributed by atoms with van der Waals surface area (Å²) in [5.41, 5.74) is 0.805. The molecule has 0 bridgehead atoms. The van der Waals surface area contributed by atoms with Crippen LogP contribution in [0.2, 0.25) is 0 Å². The Morgan fingerprint density at radius 1 is 1.18 bits per heavy atom. The SMILES string of the molecule is C#CCn1c(=NC(=O)C2CCN(S(=O)(=O)c3ccc(F)cc3)CC2)sc2cc3c(cc21)OCO3. The van der Waals surface area contributed by atoms with Gasteiger partial charge in [0.05, 0.1) is 21.7 Å². The fraction of sp³-hybridized carbons (Fsp3) is 0.304. The van der Waals surface area contributed by atoms with Gasteiger partial charge >= 0.3 is 0 Å². The minimum Gasteiger partial charge on any atom is -0.454 e. The summed E-state index contributed by atoms with van der Waals surface area (Å²) in [5, 5.41) is 0. The van der Waals surface area contributed by atoms with E-state index >= 15 is 0 Å². The van der Waals surface area contributed by atoms with E-state index in [1.54, 1.807) is 4.57 Å². The number of rotatable bonds is 4. The molecule has 5 rings (SSSR count). The molecule has 0 atom stereocenters. The quantitative estimate of drug-likeness (QED) is 0.513. The number of aromatic nitrogens is 1. The molecule has 0 unspecified atom stereocenters. The molecule has 0 N–H and O–H groups in total. The van der Waals surface area contributed by atoms with E-state index in [0.29, 0.717) is 29.1 Å². The van der Waals surface area contributed by atoms with Crippen molar-refractivity contribution in [3.8, 4) is 23.8 Å². The summed E-state index contributed by atoms with van der Waals surface area (Å²) >= 11 is 1.33.